The SMILES string of the molecule is CC(CC(=O)Nc1cccc(Cl)c1)NCC1(CO)CC1. The number of hydrogen-bond acceptors (Lipinski definition) is 3. The van der Waals surface area contributed by atoms with E-state index in [-0.39, 0.29) is 24.0 Å². The number of benzene rings is 1. The van der Waals surface area contributed by atoms with Gasteiger partial charge in [-0.15, -0.1) is 0 Å². The van der Waals surface area contributed by atoms with Crippen LogP contribution < -0.4 is 10.6 Å². The minimum Gasteiger partial charge on any atom is -0.396 e. The fourth-order valence-corrected chi connectivity index (χ4v) is 2.28. The van der Waals surface area contributed by atoms with Crippen LogP contribution in [0, 0.1) is 5.41 Å². The predicted molar refractivity (Wildman–Crippen MR) is 80.9 cm³/mol. The van der Waals surface area contributed by atoms with Gasteiger partial charge in [0.25, 0.3) is 0 Å². The standard InChI is InChI=1S/C15H21ClN2O2/c1-11(17-9-15(10-19)5-6-15)7-14(20)18-13-4-2-3-12(16)8-13/h2-4,8,11,17,19H,5-7,9-10H2,1H3,(H,18,20). The Morgan fingerprint density at radius 1 is 1.50 bits per heavy atom. The molecule has 1 saturated carbocycles. The van der Waals surface area contributed by atoms with Gasteiger partial charge in [-0.05, 0) is 38.0 Å². The number of carbonyl (C=O) groups excluding carboxylic acids is 1. The van der Waals surface area contributed by atoms with E-state index in [1.807, 2.05) is 13.0 Å². The molecule has 1 aromatic carbocycles. The molecule has 1 aliphatic carbocycles. The molecule has 0 heterocycles. The smallest absolute Gasteiger partial charge is 0.225 e. The van der Waals surface area contributed by atoms with Crippen molar-refractivity contribution in [2.75, 3.05) is 18.5 Å². The van der Waals surface area contributed by atoms with Crippen LogP contribution in [0.25, 0.3) is 0 Å². The molecule has 1 amide bonds. The van der Waals surface area contributed by atoms with E-state index in [4.69, 9.17) is 11.6 Å². The molecule has 0 radical (unpaired) electrons. The van der Waals surface area contributed by atoms with E-state index in [0.29, 0.717) is 17.1 Å². The van der Waals surface area contributed by atoms with Crippen molar-refractivity contribution in [3.05, 3.63) is 29.3 Å². The van der Waals surface area contributed by atoms with Crippen LogP contribution in [0.1, 0.15) is 26.2 Å². The van der Waals surface area contributed by atoms with Gasteiger partial charge in [-0.2, -0.15) is 0 Å². The Morgan fingerprint density at radius 3 is 2.85 bits per heavy atom. The summed E-state index contributed by atoms with van der Waals surface area (Å²) in [5.74, 6) is -0.0406. The molecule has 4 nitrogen and oxygen atoms in total. The molecule has 1 aromatic rings. The molecule has 0 aliphatic heterocycles. The summed E-state index contributed by atoms with van der Waals surface area (Å²) in [7, 11) is 0. The zero-order valence-corrected chi connectivity index (χ0v) is 12.4. The van der Waals surface area contributed by atoms with E-state index in [9.17, 15) is 9.90 Å². The van der Waals surface area contributed by atoms with Crippen LogP contribution in [0.2, 0.25) is 5.02 Å². The lowest BCUT2D eigenvalue weighted by atomic mass is 10.1. The molecule has 0 aromatic heterocycles. The molecule has 0 bridgehead atoms. The molecule has 1 unspecified atom stereocenters. The maximum atomic E-state index is 11.9. The first-order valence-corrected chi connectivity index (χ1v) is 7.30. The maximum Gasteiger partial charge on any atom is 0.225 e. The predicted octanol–water partition coefficient (Wildman–Crippen LogP) is 2.42. The topological polar surface area (TPSA) is 61.4 Å². The first-order valence-electron chi connectivity index (χ1n) is 6.93. The lowest BCUT2D eigenvalue weighted by Crippen LogP contribution is -2.36. The van der Waals surface area contributed by atoms with Crippen LogP contribution in [0.3, 0.4) is 0 Å². The molecule has 0 saturated heterocycles. The van der Waals surface area contributed by atoms with Gasteiger partial charge in [-0.3, -0.25) is 4.79 Å². The normalized spacial score (nSPS) is 17.6. The Hall–Kier alpha value is -1.10. The zero-order chi connectivity index (χ0) is 14.6. The van der Waals surface area contributed by atoms with Gasteiger partial charge < -0.3 is 15.7 Å². The average Bonchev–Trinajstić information content (AvgIpc) is 3.17. The van der Waals surface area contributed by atoms with Gasteiger partial charge in [0, 0.05) is 41.7 Å². The lowest BCUT2D eigenvalue weighted by Gasteiger charge is -2.18. The van der Waals surface area contributed by atoms with Gasteiger partial charge in [-0.25, -0.2) is 0 Å². The maximum absolute atomic E-state index is 11.9. The Labute approximate surface area is 124 Å². The molecule has 110 valence electrons. The Morgan fingerprint density at radius 2 is 2.25 bits per heavy atom. The Kier molecular flexibility index (Phi) is 5.02. The number of amides is 1. The van der Waals surface area contributed by atoms with E-state index in [1.54, 1.807) is 18.2 Å². The zero-order valence-electron chi connectivity index (χ0n) is 11.7. The minimum absolute atomic E-state index is 0.0406. The molecule has 5 heteroatoms. The summed E-state index contributed by atoms with van der Waals surface area (Å²) < 4.78 is 0. The van der Waals surface area contributed by atoms with E-state index in [0.717, 1.165) is 19.4 Å². The van der Waals surface area contributed by atoms with Gasteiger partial charge >= 0.3 is 0 Å². The summed E-state index contributed by atoms with van der Waals surface area (Å²) >= 11 is 5.87. The average molecular weight is 297 g/mol. The summed E-state index contributed by atoms with van der Waals surface area (Å²) in [6.45, 7) is 2.97. The highest BCUT2D eigenvalue weighted by Crippen LogP contribution is 2.44. The number of nitrogens with one attached hydrogen (secondary N) is 2. The number of carbonyl (C=O) groups is 1. The van der Waals surface area contributed by atoms with Gasteiger partial charge in [0.1, 0.15) is 0 Å². The second kappa shape index (κ2) is 6.57. The van der Waals surface area contributed by atoms with Crippen molar-refractivity contribution in [1.29, 1.82) is 0 Å². The van der Waals surface area contributed by atoms with Gasteiger partial charge in [0.15, 0.2) is 0 Å². The fraction of sp³-hybridized carbons (Fsp3) is 0.533. The van der Waals surface area contributed by atoms with Crippen molar-refractivity contribution in [3.63, 3.8) is 0 Å². The molecule has 20 heavy (non-hydrogen) atoms. The molecule has 2 rings (SSSR count). The van der Waals surface area contributed by atoms with Gasteiger partial charge in [0.2, 0.25) is 5.91 Å². The van der Waals surface area contributed by atoms with E-state index in [2.05, 4.69) is 10.6 Å². The van der Waals surface area contributed by atoms with Crippen molar-refractivity contribution in [2.24, 2.45) is 5.41 Å². The summed E-state index contributed by atoms with van der Waals surface area (Å²) in [5.41, 5.74) is 0.779. The number of rotatable bonds is 7. The van der Waals surface area contributed by atoms with Crippen LogP contribution in [0.5, 0.6) is 0 Å². The van der Waals surface area contributed by atoms with Crippen LogP contribution in [0.15, 0.2) is 24.3 Å². The molecule has 3 N–H and O–H groups in total. The van der Waals surface area contributed by atoms with Crippen molar-refractivity contribution in [3.8, 4) is 0 Å². The summed E-state index contributed by atoms with van der Waals surface area (Å²) in [5, 5.41) is 16.0. The lowest BCUT2D eigenvalue weighted by molar-refractivity contribution is -0.116. The van der Waals surface area contributed by atoms with Crippen LogP contribution >= 0.6 is 11.6 Å². The number of halogens is 1. The third-order valence-corrected chi connectivity index (χ3v) is 3.95. The minimum atomic E-state index is -0.0406. The summed E-state index contributed by atoms with van der Waals surface area (Å²) in [4.78, 5) is 11.9. The second-order valence-corrected chi connectivity index (χ2v) is 6.14. The number of aliphatic hydroxyl groups is 1. The molecular weight excluding hydrogens is 276 g/mol. The third kappa shape index (κ3) is 4.47. The fourth-order valence-electron chi connectivity index (χ4n) is 2.09. The third-order valence-electron chi connectivity index (χ3n) is 3.72. The molecular formula is C15H21ClN2O2. The highest BCUT2D eigenvalue weighted by Gasteiger charge is 2.41. The van der Waals surface area contributed by atoms with E-state index in [1.165, 1.54) is 0 Å². The van der Waals surface area contributed by atoms with Crippen molar-refractivity contribution >= 4 is 23.2 Å². The number of hydrogen-bond donors (Lipinski definition) is 3. The van der Waals surface area contributed by atoms with Gasteiger partial charge in [-0.1, -0.05) is 17.7 Å². The molecule has 1 fully saturated rings. The van der Waals surface area contributed by atoms with Crippen LogP contribution in [-0.2, 0) is 4.79 Å². The first kappa shape index (κ1) is 15.3. The second-order valence-electron chi connectivity index (χ2n) is 5.70. The quantitative estimate of drug-likeness (QED) is 0.724. The number of aliphatic hydroxyl groups excluding tert-OH is 1. The van der Waals surface area contributed by atoms with Gasteiger partial charge in [0.05, 0.1) is 0 Å². The summed E-state index contributed by atoms with van der Waals surface area (Å²) in [6, 6.07) is 7.19. The summed E-state index contributed by atoms with van der Waals surface area (Å²) in [6.07, 6.45) is 2.53. The van der Waals surface area contributed by atoms with Crippen LogP contribution in [0.4, 0.5) is 5.69 Å². The largest absolute Gasteiger partial charge is 0.396 e. The number of anilines is 1. The molecule has 1 aliphatic rings. The highest BCUT2D eigenvalue weighted by molar-refractivity contribution is 6.30. The monoisotopic (exact) mass is 296 g/mol. The first-order chi connectivity index (χ1) is 9.53. The molecule has 0 spiro atoms. The van der Waals surface area contributed by atoms with E-state index >= 15 is 0 Å². The highest BCUT2D eigenvalue weighted by atomic mass is 35.5. The van der Waals surface area contributed by atoms with Crippen molar-refractivity contribution < 1.29 is 9.90 Å². The Balaban J connectivity index is 1.73. The van der Waals surface area contributed by atoms with Crippen molar-refractivity contribution in [2.45, 2.75) is 32.2 Å². The van der Waals surface area contributed by atoms with Crippen LogP contribution in [-0.4, -0.2) is 30.2 Å². The Bertz CT molecular complexity index is 475. The molecule has 1 atom stereocenters. The van der Waals surface area contributed by atoms with E-state index < -0.39 is 0 Å². The van der Waals surface area contributed by atoms with Crippen molar-refractivity contribution in [1.82, 2.24) is 5.32 Å².